The third-order valence-electron chi connectivity index (χ3n) is 6.01. The zero-order chi connectivity index (χ0) is 20.1. The summed E-state index contributed by atoms with van der Waals surface area (Å²) in [7, 11) is 0. The molecule has 30 heavy (non-hydrogen) atoms. The van der Waals surface area contributed by atoms with E-state index < -0.39 is 0 Å². The lowest BCUT2D eigenvalue weighted by molar-refractivity contribution is 0.545. The van der Waals surface area contributed by atoms with Gasteiger partial charge >= 0.3 is 0 Å². The van der Waals surface area contributed by atoms with Crippen LogP contribution in [0.25, 0.3) is 44.2 Å². The smallest absolute Gasteiger partial charge is 0.136 e. The fraction of sp³-hybridized carbons (Fsp3) is 0.111. The zero-order valence-electron chi connectivity index (χ0n) is 16.5. The summed E-state index contributed by atoms with van der Waals surface area (Å²) in [5.41, 5.74) is 13.6. The van der Waals surface area contributed by atoms with Crippen molar-refractivity contribution in [2.45, 2.75) is 19.3 Å². The maximum absolute atomic E-state index is 6.61. The molecule has 0 saturated carbocycles. The lowest BCUT2D eigenvalue weighted by Crippen LogP contribution is -1.99. The molecule has 0 spiro atoms. The molecule has 0 radical (unpaired) electrons. The van der Waals surface area contributed by atoms with Gasteiger partial charge in [-0.1, -0.05) is 60.7 Å². The highest BCUT2D eigenvalue weighted by Crippen LogP contribution is 2.38. The summed E-state index contributed by atoms with van der Waals surface area (Å²) >= 11 is 0. The van der Waals surface area contributed by atoms with Gasteiger partial charge in [-0.05, 0) is 36.6 Å². The molecule has 3 nitrogen and oxygen atoms in total. The van der Waals surface area contributed by atoms with Gasteiger partial charge in [-0.2, -0.15) is 0 Å². The van der Waals surface area contributed by atoms with Crippen LogP contribution in [0.4, 0.5) is 0 Å². The van der Waals surface area contributed by atoms with E-state index in [1.165, 1.54) is 16.5 Å². The average Bonchev–Trinajstić information content (AvgIpc) is 3.35. The van der Waals surface area contributed by atoms with E-state index in [9.17, 15) is 0 Å². The third kappa shape index (κ3) is 2.59. The molecule has 5 aromatic rings. The second-order valence-electron chi connectivity index (χ2n) is 7.80. The Morgan fingerprint density at radius 2 is 1.57 bits per heavy atom. The second-order valence-corrected chi connectivity index (χ2v) is 7.80. The molecule has 146 valence electrons. The topological polar surface area (TPSA) is 52.3 Å². The first-order valence-corrected chi connectivity index (χ1v) is 10.4. The van der Waals surface area contributed by atoms with E-state index in [0.717, 1.165) is 63.8 Å². The lowest BCUT2D eigenvalue weighted by atomic mass is 9.91. The number of rotatable bonds is 3. The highest BCUT2D eigenvalue weighted by atomic mass is 16.3. The Bertz CT molecular complexity index is 1480. The van der Waals surface area contributed by atoms with Crippen LogP contribution >= 0.6 is 0 Å². The van der Waals surface area contributed by atoms with Crippen LogP contribution in [0.3, 0.4) is 0 Å². The number of para-hydroxylation sites is 2. The van der Waals surface area contributed by atoms with Gasteiger partial charge in [0.25, 0.3) is 0 Å². The number of allylic oxidation sites excluding steroid dienone is 3. The van der Waals surface area contributed by atoms with Crippen LogP contribution in [0.5, 0.6) is 0 Å². The summed E-state index contributed by atoms with van der Waals surface area (Å²) in [6.45, 7) is 0. The van der Waals surface area contributed by atoms with Crippen LogP contribution in [0, 0.1) is 0 Å². The van der Waals surface area contributed by atoms with Gasteiger partial charge in [0.15, 0.2) is 0 Å². The quantitative estimate of drug-likeness (QED) is 0.358. The van der Waals surface area contributed by atoms with Crippen LogP contribution in [-0.2, 0) is 6.42 Å². The molecule has 0 unspecified atom stereocenters. The van der Waals surface area contributed by atoms with Crippen LogP contribution in [0.1, 0.15) is 29.7 Å². The number of benzene rings is 3. The standard InChI is InChI=1S/C27H21NO2/c28-21(18-10-6-14-25-27(18)20-9-2-4-12-23(20)30-25)16-15-17-7-5-13-24-26(17)19-8-1-3-11-22(19)29-24/h1-4,6-12,14,16H,5,13,15,28H2/b21-16-. The Morgan fingerprint density at radius 1 is 0.833 bits per heavy atom. The Morgan fingerprint density at radius 3 is 2.43 bits per heavy atom. The predicted octanol–water partition coefficient (Wildman–Crippen LogP) is 7.05. The number of furan rings is 2. The van der Waals surface area contributed by atoms with Gasteiger partial charge in [-0.25, -0.2) is 0 Å². The predicted molar refractivity (Wildman–Crippen MR) is 123 cm³/mol. The number of hydrogen-bond donors (Lipinski definition) is 1. The lowest BCUT2D eigenvalue weighted by Gasteiger charge is -2.12. The minimum atomic E-state index is 0.771. The molecule has 0 atom stereocenters. The average molecular weight is 391 g/mol. The zero-order valence-corrected chi connectivity index (χ0v) is 16.5. The Hall–Kier alpha value is -3.72. The van der Waals surface area contributed by atoms with E-state index in [1.807, 2.05) is 42.5 Å². The highest BCUT2D eigenvalue weighted by molar-refractivity contribution is 6.10. The van der Waals surface area contributed by atoms with Gasteiger partial charge in [0.2, 0.25) is 0 Å². The highest BCUT2D eigenvalue weighted by Gasteiger charge is 2.20. The van der Waals surface area contributed by atoms with Gasteiger partial charge in [0.05, 0.1) is 0 Å². The molecular formula is C27H21NO2. The molecular weight excluding hydrogens is 370 g/mol. The van der Waals surface area contributed by atoms with Crippen LogP contribution < -0.4 is 5.73 Å². The molecule has 6 rings (SSSR count). The van der Waals surface area contributed by atoms with E-state index >= 15 is 0 Å². The van der Waals surface area contributed by atoms with E-state index in [1.54, 1.807) is 0 Å². The Labute approximate surface area is 174 Å². The minimum absolute atomic E-state index is 0.771. The van der Waals surface area contributed by atoms with Crippen molar-refractivity contribution in [3.63, 3.8) is 0 Å². The monoisotopic (exact) mass is 391 g/mol. The van der Waals surface area contributed by atoms with Gasteiger partial charge in [0.1, 0.15) is 22.5 Å². The molecule has 2 N–H and O–H groups in total. The van der Waals surface area contributed by atoms with E-state index in [0.29, 0.717) is 0 Å². The summed E-state index contributed by atoms with van der Waals surface area (Å²) in [4.78, 5) is 0. The van der Waals surface area contributed by atoms with Crippen molar-refractivity contribution in [3.8, 4) is 0 Å². The van der Waals surface area contributed by atoms with Crippen molar-refractivity contribution >= 4 is 44.2 Å². The van der Waals surface area contributed by atoms with Crippen molar-refractivity contribution < 1.29 is 8.83 Å². The van der Waals surface area contributed by atoms with Crippen molar-refractivity contribution in [2.24, 2.45) is 5.73 Å². The van der Waals surface area contributed by atoms with E-state index in [-0.39, 0.29) is 0 Å². The fourth-order valence-corrected chi connectivity index (χ4v) is 4.63. The van der Waals surface area contributed by atoms with E-state index in [4.69, 9.17) is 14.6 Å². The van der Waals surface area contributed by atoms with Crippen LogP contribution in [0.15, 0.2) is 87.7 Å². The molecule has 0 amide bonds. The molecule has 0 aliphatic heterocycles. The molecule has 1 aliphatic rings. The molecule has 2 heterocycles. The normalized spacial score (nSPS) is 14.4. The van der Waals surface area contributed by atoms with Gasteiger partial charge in [-0.15, -0.1) is 0 Å². The molecule has 0 saturated heterocycles. The van der Waals surface area contributed by atoms with Crippen molar-refractivity contribution in [3.05, 3.63) is 95.8 Å². The maximum Gasteiger partial charge on any atom is 0.136 e. The minimum Gasteiger partial charge on any atom is -0.460 e. The first-order chi connectivity index (χ1) is 14.8. The largest absolute Gasteiger partial charge is 0.460 e. The Balaban J connectivity index is 1.42. The summed E-state index contributed by atoms with van der Waals surface area (Å²) < 4.78 is 12.1. The van der Waals surface area contributed by atoms with Crippen molar-refractivity contribution in [1.82, 2.24) is 0 Å². The first kappa shape index (κ1) is 17.2. The summed E-state index contributed by atoms with van der Waals surface area (Å²) in [5.74, 6) is 1.09. The number of nitrogens with two attached hydrogens (primary N) is 1. The molecule has 2 aromatic heterocycles. The van der Waals surface area contributed by atoms with Gasteiger partial charge in [-0.3, -0.25) is 0 Å². The van der Waals surface area contributed by atoms with Crippen LogP contribution in [-0.4, -0.2) is 0 Å². The second kappa shape index (κ2) is 6.67. The summed E-state index contributed by atoms with van der Waals surface area (Å²) in [6.07, 6.45) is 7.17. The molecule has 0 bridgehead atoms. The molecule has 1 aliphatic carbocycles. The fourth-order valence-electron chi connectivity index (χ4n) is 4.63. The summed E-state index contributed by atoms with van der Waals surface area (Å²) in [5, 5.41) is 3.36. The maximum atomic E-state index is 6.61. The van der Waals surface area contributed by atoms with Crippen LogP contribution in [0.2, 0.25) is 0 Å². The molecule has 3 heteroatoms. The number of hydrogen-bond acceptors (Lipinski definition) is 3. The van der Waals surface area contributed by atoms with Gasteiger partial charge < -0.3 is 14.6 Å². The number of aryl methyl sites for hydroxylation is 1. The number of fused-ring (bicyclic) bond motifs is 6. The summed E-state index contributed by atoms with van der Waals surface area (Å²) in [6, 6.07) is 22.5. The third-order valence-corrected chi connectivity index (χ3v) is 6.01. The van der Waals surface area contributed by atoms with E-state index in [2.05, 4.69) is 36.4 Å². The first-order valence-electron chi connectivity index (χ1n) is 10.4. The Kier molecular flexibility index (Phi) is 3.81. The SMILES string of the molecule is N/C(=C\CC1=CCCc2oc3ccccc3c21)c1cccc2oc3ccccc3c12. The van der Waals surface area contributed by atoms with Crippen molar-refractivity contribution in [2.75, 3.05) is 0 Å². The molecule has 0 fully saturated rings. The van der Waals surface area contributed by atoms with Crippen molar-refractivity contribution in [1.29, 1.82) is 0 Å². The van der Waals surface area contributed by atoms with Gasteiger partial charge in [0, 0.05) is 39.4 Å². The molecule has 3 aromatic carbocycles.